The van der Waals surface area contributed by atoms with Gasteiger partial charge >= 0.3 is 0 Å². The predicted molar refractivity (Wildman–Crippen MR) is 124 cm³/mol. The lowest BCUT2D eigenvalue weighted by molar-refractivity contribution is -0.128. The highest BCUT2D eigenvalue weighted by atomic mass is 35.5. The lowest BCUT2D eigenvalue weighted by Crippen LogP contribution is -2.59. The van der Waals surface area contributed by atoms with Crippen LogP contribution in [-0.4, -0.2) is 53.5 Å². The van der Waals surface area contributed by atoms with Gasteiger partial charge in [0.1, 0.15) is 0 Å². The van der Waals surface area contributed by atoms with Gasteiger partial charge in [0, 0.05) is 48.6 Å². The first-order chi connectivity index (χ1) is 12.7. The van der Waals surface area contributed by atoms with Crippen molar-refractivity contribution in [3.63, 3.8) is 0 Å². The molecule has 4 aliphatic rings. The Hall–Kier alpha value is 0.320. The third-order valence-corrected chi connectivity index (χ3v) is 8.78. The summed E-state index contributed by atoms with van der Waals surface area (Å²) in [7, 11) is 0. The molecule has 0 aromatic heterocycles. The molecule has 28 heavy (non-hydrogen) atoms. The fourth-order valence-corrected chi connectivity index (χ4v) is 7.15. The highest BCUT2D eigenvalue weighted by Gasteiger charge is 2.42. The molecule has 2 unspecified atom stereocenters. The van der Waals surface area contributed by atoms with E-state index in [0.29, 0.717) is 23.8 Å². The van der Waals surface area contributed by atoms with E-state index in [4.69, 9.17) is 5.73 Å². The molecule has 1 saturated heterocycles. The smallest absolute Gasteiger partial charge is 0.223 e. The van der Waals surface area contributed by atoms with Crippen LogP contribution in [0.2, 0.25) is 0 Å². The molecule has 0 aromatic carbocycles. The monoisotopic (exact) mass is 451 g/mol. The Morgan fingerprint density at radius 2 is 1.61 bits per heavy atom. The van der Waals surface area contributed by atoms with Crippen LogP contribution in [0.3, 0.4) is 0 Å². The van der Waals surface area contributed by atoms with Crippen LogP contribution < -0.4 is 11.1 Å². The van der Waals surface area contributed by atoms with Crippen molar-refractivity contribution in [3.8, 4) is 0 Å². The molecule has 1 aliphatic heterocycles. The SMILES string of the molecule is Cl.Cl.NC1C2CCCC1CC(C(=O)NCC1(N3CCSCC3)CCCCC1)C2. The summed E-state index contributed by atoms with van der Waals surface area (Å²) in [5, 5.41) is 3.44. The molecule has 4 rings (SSSR count). The van der Waals surface area contributed by atoms with Crippen molar-refractivity contribution >= 4 is 42.5 Å². The van der Waals surface area contributed by atoms with Crippen LogP contribution in [-0.2, 0) is 4.79 Å². The molecule has 1 heterocycles. The maximum absolute atomic E-state index is 13.0. The number of nitrogens with zero attached hydrogens (tertiary/aromatic N) is 1. The average Bonchev–Trinajstić information content (AvgIpc) is 2.67. The lowest BCUT2D eigenvalue weighted by Gasteiger charge is -2.48. The van der Waals surface area contributed by atoms with E-state index in [9.17, 15) is 4.79 Å². The minimum atomic E-state index is 0. The molecule has 0 radical (unpaired) electrons. The van der Waals surface area contributed by atoms with Crippen molar-refractivity contribution in [2.24, 2.45) is 23.5 Å². The average molecular weight is 453 g/mol. The van der Waals surface area contributed by atoms with Crippen molar-refractivity contribution in [3.05, 3.63) is 0 Å². The number of rotatable bonds is 4. The fourth-order valence-electron chi connectivity index (χ4n) is 6.25. The Bertz CT molecular complexity index is 484. The lowest BCUT2D eigenvalue weighted by atomic mass is 9.65. The zero-order chi connectivity index (χ0) is 18.0. The summed E-state index contributed by atoms with van der Waals surface area (Å²) in [6.07, 6.45) is 12.4. The summed E-state index contributed by atoms with van der Waals surface area (Å²) >= 11 is 2.08. The van der Waals surface area contributed by atoms with Gasteiger partial charge in [-0.1, -0.05) is 25.7 Å². The molecule has 164 valence electrons. The third kappa shape index (κ3) is 5.32. The Balaban J connectivity index is 0.00000140. The number of amides is 1. The second kappa shape index (κ2) is 11.1. The van der Waals surface area contributed by atoms with E-state index < -0.39 is 0 Å². The largest absolute Gasteiger partial charge is 0.354 e. The van der Waals surface area contributed by atoms with Gasteiger partial charge < -0.3 is 11.1 Å². The molecule has 2 bridgehead atoms. The molecule has 2 atom stereocenters. The van der Waals surface area contributed by atoms with E-state index in [0.717, 1.165) is 19.4 Å². The van der Waals surface area contributed by atoms with Gasteiger partial charge in [0.2, 0.25) is 5.91 Å². The van der Waals surface area contributed by atoms with Crippen molar-refractivity contribution < 1.29 is 4.79 Å². The number of hydrogen-bond acceptors (Lipinski definition) is 4. The van der Waals surface area contributed by atoms with E-state index in [2.05, 4.69) is 22.0 Å². The number of hydrogen-bond donors (Lipinski definition) is 2. The van der Waals surface area contributed by atoms with Gasteiger partial charge in [-0.2, -0.15) is 11.8 Å². The van der Waals surface area contributed by atoms with Crippen LogP contribution in [0, 0.1) is 17.8 Å². The van der Waals surface area contributed by atoms with Gasteiger partial charge in [-0.25, -0.2) is 0 Å². The van der Waals surface area contributed by atoms with Crippen LogP contribution in [0.25, 0.3) is 0 Å². The van der Waals surface area contributed by atoms with Crippen LogP contribution >= 0.6 is 36.6 Å². The summed E-state index contributed by atoms with van der Waals surface area (Å²) in [6.45, 7) is 3.26. The zero-order valence-corrected chi connectivity index (χ0v) is 19.5. The maximum atomic E-state index is 13.0. The number of nitrogens with two attached hydrogens (primary N) is 1. The number of carbonyl (C=O) groups excluding carboxylic acids is 1. The zero-order valence-electron chi connectivity index (χ0n) is 17.1. The second-order valence-electron chi connectivity index (χ2n) is 9.30. The molecule has 1 amide bonds. The van der Waals surface area contributed by atoms with Crippen LogP contribution in [0.15, 0.2) is 0 Å². The molecule has 0 aromatic rings. The number of carbonyl (C=O) groups is 1. The topological polar surface area (TPSA) is 58.4 Å². The summed E-state index contributed by atoms with van der Waals surface area (Å²) < 4.78 is 0. The quantitative estimate of drug-likeness (QED) is 0.680. The summed E-state index contributed by atoms with van der Waals surface area (Å²) in [5.41, 5.74) is 6.65. The van der Waals surface area contributed by atoms with Crippen LogP contribution in [0.5, 0.6) is 0 Å². The first-order valence-electron chi connectivity index (χ1n) is 11.0. The molecule has 0 spiro atoms. The molecule has 4 nitrogen and oxygen atoms in total. The van der Waals surface area contributed by atoms with Crippen molar-refractivity contribution in [1.82, 2.24) is 10.2 Å². The van der Waals surface area contributed by atoms with Crippen molar-refractivity contribution in [1.29, 1.82) is 0 Å². The molecular formula is C21H39Cl2N3OS. The van der Waals surface area contributed by atoms with E-state index in [1.807, 2.05) is 0 Å². The number of thioether (sulfide) groups is 1. The van der Waals surface area contributed by atoms with Gasteiger partial charge in [0.25, 0.3) is 0 Å². The molecular weight excluding hydrogens is 413 g/mol. The molecule has 3 aliphatic carbocycles. The van der Waals surface area contributed by atoms with Gasteiger partial charge in [0.15, 0.2) is 0 Å². The summed E-state index contributed by atoms with van der Waals surface area (Å²) in [4.78, 5) is 15.7. The van der Waals surface area contributed by atoms with Crippen molar-refractivity contribution in [2.45, 2.75) is 75.8 Å². The highest BCUT2D eigenvalue weighted by molar-refractivity contribution is 7.99. The van der Waals surface area contributed by atoms with E-state index in [1.54, 1.807) is 0 Å². The number of nitrogens with one attached hydrogen (secondary N) is 1. The fraction of sp³-hybridized carbons (Fsp3) is 0.952. The Labute approximate surface area is 187 Å². The van der Waals surface area contributed by atoms with Crippen LogP contribution in [0.4, 0.5) is 0 Å². The minimum Gasteiger partial charge on any atom is -0.354 e. The molecule has 7 heteroatoms. The maximum Gasteiger partial charge on any atom is 0.223 e. The summed E-state index contributed by atoms with van der Waals surface area (Å²) in [5.74, 6) is 4.20. The van der Waals surface area contributed by atoms with Gasteiger partial charge in [0.05, 0.1) is 0 Å². The second-order valence-corrected chi connectivity index (χ2v) is 10.5. The Morgan fingerprint density at radius 1 is 1.00 bits per heavy atom. The standard InChI is InChI=1S/C21H37N3OS.2ClH/c22-19-16-5-4-6-17(19)14-18(13-16)20(25)23-15-21(7-2-1-3-8-21)24-9-11-26-12-10-24;;/h16-19H,1-15,22H2,(H,23,25);2*1H. The van der Waals surface area contributed by atoms with Gasteiger partial charge in [-0.15, -0.1) is 24.8 Å². The van der Waals surface area contributed by atoms with Gasteiger partial charge in [-0.3, -0.25) is 9.69 Å². The third-order valence-electron chi connectivity index (χ3n) is 7.84. The first-order valence-corrected chi connectivity index (χ1v) is 12.2. The van der Waals surface area contributed by atoms with Crippen LogP contribution in [0.1, 0.15) is 64.2 Å². The predicted octanol–water partition coefficient (Wildman–Crippen LogP) is 3.85. The summed E-state index contributed by atoms with van der Waals surface area (Å²) in [6, 6.07) is 0.350. The minimum absolute atomic E-state index is 0. The molecule has 3 saturated carbocycles. The van der Waals surface area contributed by atoms with Gasteiger partial charge in [-0.05, 0) is 50.4 Å². The highest BCUT2D eigenvalue weighted by Crippen LogP contribution is 2.42. The molecule has 4 fully saturated rings. The molecule has 3 N–H and O–H groups in total. The van der Waals surface area contributed by atoms with E-state index in [-0.39, 0.29) is 36.3 Å². The Morgan fingerprint density at radius 3 is 2.21 bits per heavy atom. The normalized spacial score (nSPS) is 35.2. The van der Waals surface area contributed by atoms with Crippen molar-refractivity contribution in [2.75, 3.05) is 31.1 Å². The Kier molecular flexibility index (Phi) is 9.73. The van der Waals surface area contributed by atoms with E-state index in [1.165, 1.54) is 76.0 Å². The number of halogens is 2. The first kappa shape index (κ1) is 24.6. The van der Waals surface area contributed by atoms with E-state index >= 15 is 0 Å². The number of fused-ring (bicyclic) bond motifs is 2.